The number of methoxy groups -OCH3 is 1. The highest BCUT2D eigenvalue weighted by atomic mass is 35.5. The molecule has 202 valence electrons. The van der Waals surface area contributed by atoms with Crippen molar-refractivity contribution in [2.24, 2.45) is 5.92 Å². The molecule has 0 bridgehead atoms. The molecule has 8 nitrogen and oxygen atoms in total. The van der Waals surface area contributed by atoms with E-state index in [9.17, 15) is 9.18 Å². The number of nitrogens with one attached hydrogen (secondary N) is 1. The van der Waals surface area contributed by atoms with Gasteiger partial charge >= 0.3 is 5.76 Å². The van der Waals surface area contributed by atoms with Crippen molar-refractivity contribution in [3.63, 3.8) is 0 Å². The van der Waals surface area contributed by atoms with E-state index in [4.69, 9.17) is 30.6 Å². The van der Waals surface area contributed by atoms with Crippen LogP contribution in [0.4, 0.5) is 4.39 Å². The first kappa shape index (κ1) is 24.8. The van der Waals surface area contributed by atoms with Crippen LogP contribution in [0.3, 0.4) is 0 Å². The predicted octanol–water partition coefficient (Wildman–Crippen LogP) is 5.80. The van der Waals surface area contributed by atoms with E-state index >= 15 is 0 Å². The molecule has 2 aliphatic rings. The fourth-order valence-electron chi connectivity index (χ4n) is 5.52. The number of imidazole rings is 1. The normalized spacial score (nSPS) is 15.9. The zero-order chi connectivity index (χ0) is 27.4. The van der Waals surface area contributed by atoms with E-state index in [0.29, 0.717) is 29.6 Å². The van der Waals surface area contributed by atoms with Gasteiger partial charge in [0.05, 0.1) is 18.0 Å². The first-order chi connectivity index (χ1) is 19.5. The summed E-state index contributed by atoms with van der Waals surface area (Å²) >= 11 is 6.22. The lowest BCUT2D eigenvalue weighted by Gasteiger charge is -2.16. The Kier molecular flexibility index (Phi) is 6.05. The Morgan fingerprint density at radius 3 is 2.80 bits per heavy atom. The topological polar surface area (TPSA) is 94.7 Å². The summed E-state index contributed by atoms with van der Waals surface area (Å²) in [7, 11) is 1.65. The Hall–Kier alpha value is -4.21. The van der Waals surface area contributed by atoms with Gasteiger partial charge in [-0.2, -0.15) is 0 Å². The summed E-state index contributed by atoms with van der Waals surface area (Å²) in [6.45, 7) is 0.626. The number of fused-ring (bicyclic) bond motifs is 3. The summed E-state index contributed by atoms with van der Waals surface area (Å²) in [5, 5.41) is 4.65. The molecule has 1 aliphatic carbocycles. The maximum atomic E-state index is 14.3. The van der Waals surface area contributed by atoms with Crippen molar-refractivity contribution in [2.75, 3.05) is 7.11 Å². The summed E-state index contributed by atoms with van der Waals surface area (Å²) in [6, 6.07) is 14.5. The third-order valence-electron chi connectivity index (χ3n) is 7.41. The number of ether oxygens (including phenoxy) is 2. The number of aromatic nitrogens is 4. The predicted molar refractivity (Wildman–Crippen MR) is 147 cm³/mol. The molecule has 0 spiro atoms. The summed E-state index contributed by atoms with van der Waals surface area (Å²) in [5.41, 5.74) is 8.03. The molecular formula is C30H24ClFN4O4. The van der Waals surface area contributed by atoms with E-state index in [1.165, 1.54) is 12.1 Å². The number of allylic oxidation sites excluding steroid dienone is 1. The molecule has 3 aromatic heterocycles. The van der Waals surface area contributed by atoms with Crippen molar-refractivity contribution < 1.29 is 18.4 Å². The van der Waals surface area contributed by atoms with Crippen LogP contribution in [0.1, 0.15) is 52.3 Å². The second-order valence-corrected chi connectivity index (χ2v) is 10.6. The monoisotopic (exact) mass is 558 g/mol. The van der Waals surface area contributed by atoms with Crippen molar-refractivity contribution in [2.45, 2.75) is 32.5 Å². The Morgan fingerprint density at radius 2 is 2.02 bits per heavy atom. The number of nitrogens with zero attached hydrogens (tertiary/aromatic N) is 3. The Morgan fingerprint density at radius 1 is 1.18 bits per heavy atom. The molecule has 1 aliphatic heterocycles. The van der Waals surface area contributed by atoms with Crippen molar-refractivity contribution in [3.05, 3.63) is 116 Å². The molecule has 1 N–H and O–H groups in total. The second-order valence-electron chi connectivity index (χ2n) is 10.1. The minimum Gasteiger partial charge on any atom is -0.488 e. The van der Waals surface area contributed by atoms with Crippen LogP contribution in [0.25, 0.3) is 16.8 Å². The summed E-state index contributed by atoms with van der Waals surface area (Å²) < 4.78 is 32.8. The highest BCUT2D eigenvalue weighted by Gasteiger charge is 2.35. The van der Waals surface area contributed by atoms with E-state index < -0.39 is 5.76 Å². The maximum absolute atomic E-state index is 14.3. The number of hydrogen-bond donors (Lipinski definition) is 1. The van der Waals surface area contributed by atoms with Crippen LogP contribution in [-0.4, -0.2) is 26.6 Å². The van der Waals surface area contributed by atoms with Crippen LogP contribution in [0.15, 0.2) is 64.0 Å². The number of H-pyrrole nitrogens is 1. The van der Waals surface area contributed by atoms with Gasteiger partial charge in [-0.1, -0.05) is 35.0 Å². The Balaban J connectivity index is 1.38. The molecular weight excluding hydrogens is 535 g/mol. The van der Waals surface area contributed by atoms with Crippen LogP contribution < -0.4 is 10.5 Å². The smallest absolute Gasteiger partial charge is 0.439 e. The maximum Gasteiger partial charge on any atom is 0.439 e. The SMILES string of the molecule is COCc1nc2cc(Cl)ccn2c1Cc1ccc2c(c1)COc1cc(F)ccc1C2=C(c1noc(=O)[nH]1)C1CC1. The van der Waals surface area contributed by atoms with Gasteiger partial charge in [-0.3, -0.25) is 9.51 Å². The van der Waals surface area contributed by atoms with Crippen molar-refractivity contribution >= 4 is 28.4 Å². The van der Waals surface area contributed by atoms with E-state index in [1.807, 2.05) is 22.7 Å². The Labute approximate surface area is 233 Å². The van der Waals surface area contributed by atoms with Crippen molar-refractivity contribution in [1.82, 2.24) is 19.5 Å². The standard InChI is InChI=1S/C30H24ClFN4O4/c1-38-15-23-24(36-9-8-19(31)12-26(36)33-23)11-16-2-6-21-18(10-16)14-39-25-13-20(32)5-7-22(25)28(21)27(17-3-4-17)29-34-30(37)40-35-29/h2,5-10,12-13,17H,3-4,11,14-15H2,1H3,(H,34,35,37). The molecule has 0 unspecified atom stereocenters. The minimum atomic E-state index is -0.616. The number of pyridine rings is 1. The van der Waals surface area contributed by atoms with Crippen LogP contribution in [0.2, 0.25) is 5.02 Å². The molecule has 0 radical (unpaired) electrons. The lowest BCUT2D eigenvalue weighted by atomic mass is 9.87. The number of halogens is 2. The zero-order valence-corrected chi connectivity index (χ0v) is 22.3. The third kappa shape index (κ3) is 4.41. The first-order valence-corrected chi connectivity index (χ1v) is 13.4. The number of aromatic amines is 1. The molecule has 4 heterocycles. The third-order valence-corrected chi connectivity index (χ3v) is 7.64. The highest BCUT2D eigenvalue weighted by Crippen LogP contribution is 2.49. The van der Waals surface area contributed by atoms with Crippen LogP contribution in [-0.2, 0) is 24.4 Å². The largest absolute Gasteiger partial charge is 0.488 e. The van der Waals surface area contributed by atoms with Crippen molar-refractivity contribution in [1.29, 1.82) is 0 Å². The fraction of sp³-hybridized carbons (Fsp3) is 0.233. The zero-order valence-electron chi connectivity index (χ0n) is 21.5. The number of rotatable bonds is 6. The molecule has 1 saturated carbocycles. The van der Waals surface area contributed by atoms with Crippen molar-refractivity contribution in [3.8, 4) is 5.75 Å². The lowest BCUT2D eigenvalue weighted by Crippen LogP contribution is -2.04. The molecule has 0 saturated heterocycles. The minimum absolute atomic E-state index is 0.195. The molecule has 0 atom stereocenters. The first-order valence-electron chi connectivity index (χ1n) is 13.0. The highest BCUT2D eigenvalue weighted by molar-refractivity contribution is 6.30. The number of hydrogen-bond acceptors (Lipinski definition) is 6. The summed E-state index contributed by atoms with van der Waals surface area (Å²) in [4.78, 5) is 19.4. The number of benzene rings is 2. The van der Waals surface area contributed by atoms with Crippen LogP contribution in [0.5, 0.6) is 5.75 Å². The van der Waals surface area contributed by atoms with E-state index in [0.717, 1.165) is 63.3 Å². The fourth-order valence-corrected chi connectivity index (χ4v) is 5.67. The van der Waals surface area contributed by atoms with E-state index in [1.54, 1.807) is 13.2 Å². The van der Waals surface area contributed by atoms with Crippen LogP contribution in [0, 0.1) is 11.7 Å². The average molecular weight is 559 g/mol. The molecule has 1 fully saturated rings. The van der Waals surface area contributed by atoms with E-state index in [-0.39, 0.29) is 18.3 Å². The summed E-state index contributed by atoms with van der Waals surface area (Å²) in [6.07, 6.45) is 4.43. The van der Waals surface area contributed by atoms with Gasteiger partial charge in [0.25, 0.3) is 0 Å². The quantitative estimate of drug-likeness (QED) is 0.283. The van der Waals surface area contributed by atoms with E-state index in [2.05, 4.69) is 28.3 Å². The van der Waals surface area contributed by atoms with Gasteiger partial charge in [0.2, 0.25) is 0 Å². The van der Waals surface area contributed by atoms with Gasteiger partial charge in [-0.25, -0.2) is 14.2 Å². The molecule has 0 amide bonds. The second kappa shape index (κ2) is 9.76. The van der Waals surface area contributed by atoms with Gasteiger partial charge in [0.15, 0.2) is 5.82 Å². The van der Waals surface area contributed by atoms with Gasteiger partial charge in [-0.05, 0) is 53.6 Å². The summed E-state index contributed by atoms with van der Waals surface area (Å²) in [5.74, 6) is 0.0302. The van der Waals surface area contributed by atoms with Gasteiger partial charge in [-0.15, -0.1) is 0 Å². The van der Waals surface area contributed by atoms with Crippen LogP contribution >= 0.6 is 11.6 Å². The van der Waals surface area contributed by atoms with Gasteiger partial charge < -0.3 is 13.9 Å². The molecule has 10 heteroatoms. The molecule has 5 aromatic rings. The molecule has 40 heavy (non-hydrogen) atoms. The lowest BCUT2D eigenvalue weighted by molar-refractivity contribution is 0.181. The van der Waals surface area contributed by atoms with Gasteiger partial charge in [0.1, 0.15) is 23.8 Å². The Bertz CT molecular complexity index is 1870. The molecule has 7 rings (SSSR count). The average Bonchev–Trinajstić information content (AvgIpc) is 3.63. The van der Waals surface area contributed by atoms with Gasteiger partial charge in [0, 0.05) is 53.6 Å². The molecule has 2 aromatic carbocycles.